The normalized spacial score (nSPS) is 17.9. The van der Waals surface area contributed by atoms with E-state index in [1.807, 2.05) is 38.1 Å². The molecule has 0 aliphatic carbocycles. The molecular formula is C16H18N2O3. The van der Waals surface area contributed by atoms with Crippen molar-refractivity contribution in [1.29, 1.82) is 0 Å². The number of aromatic nitrogens is 1. The quantitative estimate of drug-likeness (QED) is 0.919. The number of rotatable bonds is 2. The average Bonchev–Trinajstić information content (AvgIpc) is 2.44. The number of morpholine rings is 1. The third-order valence-electron chi connectivity index (χ3n) is 3.73. The molecule has 3 rings (SSSR count). The summed E-state index contributed by atoms with van der Waals surface area (Å²) in [6.07, 6.45) is 1.45. The van der Waals surface area contributed by atoms with Gasteiger partial charge in [0.15, 0.2) is 0 Å². The van der Waals surface area contributed by atoms with Crippen LogP contribution >= 0.6 is 0 Å². The Morgan fingerprint density at radius 3 is 2.71 bits per heavy atom. The number of hydrogen-bond donors (Lipinski definition) is 1. The highest BCUT2D eigenvalue weighted by molar-refractivity contribution is 6.06. The van der Waals surface area contributed by atoms with Gasteiger partial charge in [0.05, 0.1) is 17.8 Å². The fourth-order valence-corrected chi connectivity index (χ4v) is 2.80. The lowest BCUT2D eigenvalue weighted by Gasteiger charge is -2.39. The van der Waals surface area contributed by atoms with Crippen molar-refractivity contribution >= 4 is 22.6 Å². The Morgan fingerprint density at radius 1 is 1.33 bits per heavy atom. The van der Waals surface area contributed by atoms with Crippen molar-refractivity contribution in [2.75, 3.05) is 24.6 Å². The minimum Gasteiger partial charge on any atom is -0.478 e. The fourth-order valence-electron chi connectivity index (χ4n) is 2.80. The number of carboxylic acid groups (broad SMARTS) is 1. The van der Waals surface area contributed by atoms with Gasteiger partial charge >= 0.3 is 5.97 Å². The van der Waals surface area contributed by atoms with Crippen LogP contribution in [0.25, 0.3) is 10.8 Å². The van der Waals surface area contributed by atoms with Crippen LogP contribution < -0.4 is 4.90 Å². The lowest BCUT2D eigenvalue weighted by Crippen LogP contribution is -2.48. The number of carbonyl (C=O) groups is 1. The molecular weight excluding hydrogens is 268 g/mol. The van der Waals surface area contributed by atoms with Crippen molar-refractivity contribution in [2.45, 2.75) is 19.4 Å². The number of nitrogens with zero attached hydrogens (tertiary/aromatic N) is 2. The van der Waals surface area contributed by atoms with Crippen molar-refractivity contribution in [3.05, 3.63) is 36.0 Å². The highest BCUT2D eigenvalue weighted by atomic mass is 16.5. The number of fused-ring (bicyclic) bond motifs is 1. The van der Waals surface area contributed by atoms with Crippen molar-refractivity contribution in [1.82, 2.24) is 4.98 Å². The van der Waals surface area contributed by atoms with Crippen LogP contribution in [0.5, 0.6) is 0 Å². The Labute approximate surface area is 123 Å². The molecule has 1 aliphatic rings. The first-order valence-electron chi connectivity index (χ1n) is 6.98. The molecule has 0 atom stereocenters. The molecule has 0 amide bonds. The van der Waals surface area contributed by atoms with Crippen LogP contribution in [-0.4, -0.2) is 41.4 Å². The molecule has 1 aromatic carbocycles. The van der Waals surface area contributed by atoms with Gasteiger partial charge in [-0.1, -0.05) is 24.3 Å². The van der Waals surface area contributed by atoms with E-state index in [1.54, 1.807) is 0 Å². The topological polar surface area (TPSA) is 62.7 Å². The van der Waals surface area contributed by atoms with Crippen LogP contribution in [0.4, 0.5) is 5.82 Å². The minimum atomic E-state index is -0.951. The number of benzene rings is 1. The van der Waals surface area contributed by atoms with Crippen LogP contribution in [0.15, 0.2) is 30.5 Å². The predicted octanol–water partition coefficient (Wildman–Crippen LogP) is 2.55. The van der Waals surface area contributed by atoms with Crippen LogP contribution in [0, 0.1) is 0 Å². The van der Waals surface area contributed by atoms with Crippen molar-refractivity contribution in [2.24, 2.45) is 0 Å². The van der Waals surface area contributed by atoms with Gasteiger partial charge in [-0.3, -0.25) is 0 Å². The summed E-state index contributed by atoms with van der Waals surface area (Å²) in [5.74, 6) is -0.125. The van der Waals surface area contributed by atoms with Crippen LogP contribution in [0.3, 0.4) is 0 Å². The summed E-state index contributed by atoms with van der Waals surface area (Å²) in [5.41, 5.74) is 0.00818. The van der Waals surface area contributed by atoms with E-state index in [2.05, 4.69) is 9.88 Å². The summed E-state index contributed by atoms with van der Waals surface area (Å²) in [7, 11) is 0. The van der Waals surface area contributed by atoms with Gasteiger partial charge in [0.2, 0.25) is 0 Å². The molecule has 5 heteroatoms. The van der Waals surface area contributed by atoms with Gasteiger partial charge < -0.3 is 14.7 Å². The molecule has 1 aromatic heterocycles. The van der Waals surface area contributed by atoms with E-state index in [1.165, 1.54) is 6.20 Å². The van der Waals surface area contributed by atoms with E-state index in [9.17, 15) is 9.90 Å². The Bertz CT molecular complexity index is 697. The van der Waals surface area contributed by atoms with Crippen LogP contribution in [0.1, 0.15) is 24.2 Å². The Balaban J connectivity index is 2.12. The summed E-state index contributed by atoms with van der Waals surface area (Å²) in [4.78, 5) is 17.9. The summed E-state index contributed by atoms with van der Waals surface area (Å²) < 4.78 is 5.73. The Hall–Kier alpha value is -2.14. The van der Waals surface area contributed by atoms with Gasteiger partial charge in [0.1, 0.15) is 5.82 Å². The predicted molar refractivity (Wildman–Crippen MR) is 80.9 cm³/mol. The third-order valence-corrected chi connectivity index (χ3v) is 3.73. The zero-order chi connectivity index (χ0) is 15.0. The second-order valence-electron chi connectivity index (χ2n) is 5.88. The zero-order valence-corrected chi connectivity index (χ0v) is 12.2. The number of hydrogen-bond acceptors (Lipinski definition) is 4. The van der Waals surface area contributed by atoms with E-state index < -0.39 is 5.97 Å². The fraction of sp³-hybridized carbons (Fsp3) is 0.375. The van der Waals surface area contributed by atoms with Gasteiger partial charge in [0.25, 0.3) is 0 Å². The van der Waals surface area contributed by atoms with Gasteiger partial charge in [-0.05, 0) is 13.8 Å². The molecule has 2 heterocycles. The number of ether oxygens (including phenoxy) is 1. The molecule has 1 N–H and O–H groups in total. The molecule has 1 aliphatic heterocycles. The third kappa shape index (κ3) is 2.56. The average molecular weight is 286 g/mol. The smallest absolute Gasteiger partial charge is 0.337 e. The first-order chi connectivity index (χ1) is 9.98. The second-order valence-corrected chi connectivity index (χ2v) is 5.88. The van der Waals surface area contributed by atoms with E-state index in [0.29, 0.717) is 6.61 Å². The second kappa shape index (κ2) is 5.00. The van der Waals surface area contributed by atoms with Gasteiger partial charge in [-0.25, -0.2) is 9.78 Å². The summed E-state index contributed by atoms with van der Waals surface area (Å²) in [6, 6.07) is 7.51. The molecule has 0 unspecified atom stereocenters. The van der Waals surface area contributed by atoms with E-state index >= 15 is 0 Å². The van der Waals surface area contributed by atoms with Crippen LogP contribution in [0.2, 0.25) is 0 Å². The molecule has 1 saturated heterocycles. The Kier molecular flexibility index (Phi) is 3.29. The van der Waals surface area contributed by atoms with E-state index in [-0.39, 0.29) is 11.2 Å². The standard InChI is InChI=1S/C16H18N2O3/c1-16(2)10-18(7-8-21-16)14-12-6-4-3-5-11(12)13(9-17-14)15(19)20/h3-6,9H,7-8,10H2,1-2H3,(H,19,20). The van der Waals surface area contributed by atoms with E-state index in [4.69, 9.17) is 4.74 Å². The molecule has 0 saturated carbocycles. The first kappa shape index (κ1) is 13.8. The van der Waals surface area contributed by atoms with Crippen LogP contribution in [-0.2, 0) is 4.74 Å². The molecule has 0 spiro atoms. The monoisotopic (exact) mass is 286 g/mol. The number of anilines is 1. The van der Waals surface area contributed by atoms with Gasteiger partial charge in [-0.2, -0.15) is 0 Å². The maximum absolute atomic E-state index is 11.3. The van der Waals surface area contributed by atoms with E-state index in [0.717, 1.165) is 29.7 Å². The largest absolute Gasteiger partial charge is 0.478 e. The molecule has 21 heavy (non-hydrogen) atoms. The molecule has 0 radical (unpaired) electrons. The Morgan fingerprint density at radius 2 is 2.05 bits per heavy atom. The van der Waals surface area contributed by atoms with Crippen molar-refractivity contribution < 1.29 is 14.6 Å². The van der Waals surface area contributed by atoms with Gasteiger partial charge in [0, 0.05) is 30.1 Å². The molecule has 110 valence electrons. The lowest BCUT2D eigenvalue weighted by atomic mass is 10.0. The summed E-state index contributed by atoms with van der Waals surface area (Å²) in [5, 5.41) is 10.9. The first-order valence-corrected chi connectivity index (χ1v) is 6.98. The maximum atomic E-state index is 11.3. The van der Waals surface area contributed by atoms with Gasteiger partial charge in [-0.15, -0.1) is 0 Å². The lowest BCUT2D eigenvalue weighted by molar-refractivity contribution is -0.0278. The molecule has 0 bridgehead atoms. The zero-order valence-electron chi connectivity index (χ0n) is 12.2. The highest BCUT2D eigenvalue weighted by Gasteiger charge is 2.29. The SMILES string of the molecule is CC1(C)CN(c2ncc(C(=O)O)c3ccccc23)CCO1. The minimum absolute atomic E-state index is 0.230. The number of aromatic carboxylic acids is 1. The number of carboxylic acids is 1. The number of pyridine rings is 1. The van der Waals surface area contributed by atoms with Crippen molar-refractivity contribution in [3.8, 4) is 0 Å². The molecule has 2 aromatic rings. The van der Waals surface area contributed by atoms with Crippen molar-refractivity contribution in [3.63, 3.8) is 0 Å². The summed E-state index contributed by atoms with van der Waals surface area (Å²) >= 11 is 0. The highest BCUT2D eigenvalue weighted by Crippen LogP contribution is 2.30. The molecule has 5 nitrogen and oxygen atoms in total. The maximum Gasteiger partial charge on any atom is 0.337 e. The summed E-state index contributed by atoms with van der Waals surface area (Å²) in [6.45, 7) is 6.23. The molecule has 1 fully saturated rings.